The molecule has 2 aromatic rings. The van der Waals surface area contributed by atoms with Crippen LogP contribution in [0.4, 0.5) is 17.3 Å². The minimum atomic E-state index is -0.710. The molecule has 1 aromatic heterocycles. The Hall–Kier alpha value is -2.83. The highest BCUT2D eigenvalue weighted by Gasteiger charge is 2.25. The summed E-state index contributed by atoms with van der Waals surface area (Å²) < 4.78 is 5.21. The van der Waals surface area contributed by atoms with E-state index in [1.54, 1.807) is 7.11 Å². The Morgan fingerprint density at radius 2 is 2.08 bits per heavy atom. The third kappa shape index (κ3) is 3.73. The minimum absolute atomic E-state index is 0.252. The molecule has 0 unspecified atom stereocenters. The second-order valence-corrected chi connectivity index (χ2v) is 5.72. The van der Waals surface area contributed by atoms with E-state index in [1.165, 1.54) is 6.33 Å². The third-order valence-corrected chi connectivity index (χ3v) is 4.16. The van der Waals surface area contributed by atoms with Crippen molar-refractivity contribution in [2.45, 2.75) is 12.8 Å². The van der Waals surface area contributed by atoms with Crippen molar-refractivity contribution in [1.82, 2.24) is 9.97 Å². The van der Waals surface area contributed by atoms with Crippen LogP contribution in [0.5, 0.6) is 5.75 Å². The first-order chi connectivity index (χ1) is 11.7. The first-order valence-electron chi connectivity index (χ1n) is 7.86. The lowest BCUT2D eigenvalue weighted by Gasteiger charge is -2.31. The summed E-state index contributed by atoms with van der Waals surface area (Å²) in [5.41, 5.74) is 0.878. The molecule has 1 aromatic carbocycles. The largest absolute Gasteiger partial charge is 0.497 e. The number of ether oxygens (including phenoxy) is 1. The number of nitrogens with zero attached hydrogens (tertiary/aromatic N) is 3. The molecule has 0 radical (unpaired) electrons. The van der Waals surface area contributed by atoms with Crippen molar-refractivity contribution in [3.05, 3.63) is 36.7 Å². The van der Waals surface area contributed by atoms with Crippen molar-refractivity contribution in [1.29, 1.82) is 0 Å². The molecule has 2 heterocycles. The summed E-state index contributed by atoms with van der Waals surface area (Å²) >= 11 is 0. The molecule has 7 nitrogen and oxygen atoms in total. The Morgan fingerprint density at radius 3 is 2.79 bits per heavy atom. The van der Waals surface area contributed by atoms with Crippen molar-refractivity contribution in [2.75, 3.05) is 30.4 Å². The fourth-order valence-corrected chi connectivity index (χ4v) is 2.79. The third-order valence-electron chi connectivity index (χ3n) is 4.16. The summed E-state index contributed by atoms with van der Waals surface area (Å²) in [5, 5.41) is 12.3. The molecule has 0 bridgehead atoms. The SMILES string of the molecule is COc1cccc(Nc2cc(N3CCC(C(=O)O)CC3)ncn2)c1. The lowest BCUT2D eigenvalue weighted by atomic mass is 9.97. The Kier molecular flexibility index (Phi) is 4.79. The van der Waals surface area contributed by atoms with Gasteiger partial charge in [0.05, 0.1) is 13.0 Å². The highest BCUT2D eigenvalue weighted by molar-refractivity contribution is 5.70. The van der Waals surface area contributed by atoms with E-state index >= 15 is 0 Å². The van der Waals surface area contributed by atoms with Gasteiger partial charge in [-0.25, -0.2) is 9.97 Å². The molecule has 1 aliphatic rings. The number of hydrogen-bond acceptors (Lipinski definition) is 6. The Bertz CT molecular complexity index is 714. The molecule has 0 atom stereocenters. The van der Waals surface area contributed by atoms with E-state index in [1.807, 2.05) is 30.3 Å². The molecule has 1 aliphatic heterocycles. The van der Waals surface area contributed by atoms with Gasteiger partial charge in [-0.2, -0.15) is 0 Å². The lowest BCUT2D eigenvalue weighted by Crippen LogP contribution is -2.36. The van der Waals surface area contributed by atoms with Gasteiger partial charge in [-0.3, -0.25) is 4.79 Å². The molecule has 1 saturated heterocycles. The summed E-state index contributed by atoms with van der Waals surface area (Å²) in [4.78, 5) is 21.7. The first-order valence-corrected chi connectivity index (χ1v) is 7.86. The van der Waals surface area contributed by atoms with Crippen molar-refractivity contribution in [3.63, 3.8) is 0 Å². The fraction of sp³-hybridized carbons (Fsp3) is 0.353. The van der Waals surface area contributed by atoms with Gasteiger partial charge in [-0.15, -0.1) is 0 Å². The van der Waals surface area contributed by atoms with E-state index in [2.05, 4.69) is 20.2 Å². The van der Waals surface area contributed by atoms with Gasteiger partial charge >= 0.3 is 5.97 Å². The summed E-state index contributed by atoms with van der Waals surface area (Å²) in [6.07, 6.45) is 2.79. The standard InChI is InChI=1S/C17H20N4O3/c1-24-14-4-2-3-13(9-14)20-15-10-16(19-11-18-15)21-7-5-12(6-8-21)17(22)23/h2-4,9-12H,5-8H2,1H3,(H,22,23)(H,18,19,20). The number of aliphatic carboxylic acids is 1. The number of carboxylic acids is 1. The zero-order valence-electron chi connectivity index (χ0n) is 13.5. The normalized spacial score (nSPS) is 15.1. The van der Waals surface area contributed by atoms with Crippen LogP contribution < -0.4 is 15.0 Å². The van der Waals surface area contributed by atoms with Crippen LogP contribution in [0, 0.1) is 5.92 Å². The number of benzene rings is 1. The summed E-state index contributed by atoms with van der Waals surface area (Å²) in [5.74, 6) is 1.30. The fourth-order valence-electron chi connectivity index (χ4n) is 2.79. The van der Waals surface area contributed by atoms with Gasteiger partial charge in [0.15, 0.2) is 0 Å². The van der Waals surface area contributed by atoms with E-state index in [4.69, 9.17) is 9.84 Å². The lowest BCUT2D eigenvalue weighted by molar-refractivity contribution is -0.142. The zero-order valence-corrected chi connectivity index (χ0v) is 13.5. The molecule has 24 heavy (non-hydrogen) atoms. The van der Waals surface area contributed by atoms with Crippen LogP contribution >= 0.6 is 0 Å². The van der Waals surface area contributed by atoms with Crippen LogP contribution in [0.3, 0.4) is 0 Å². The summed E-state index contributed by atoms with van der Waals surface area (Å²) in [6, 6.07) is 9.48. The average molecular weight is 328 g/mol. The molecule has 0 spiro atoms. The van der Waals surface area contributed by atoms with Crippen LogP contribution in [0.2, 0.25) is 0 Å². The maximum Gasteiger partial charge on any atom is 0.306 e. The molecule has 0 saturated carbocycles. The van der Waals surface area contributed by atoms with Gasteiger partial charge in [0.1, 0.15) is 23.7 Å². The first kappa shape index (κ1) is 16.0. The van der Waals surface area contributed by atoms with E-state index in [9.17, 15) is 4.79 Å². The Balaban J connectivity index is 1.69. The molecule has 1 fully saturated rings. The summed E-state index contributed by atoms with van der Waals surface area (Å²) in [7, 11) is 1.63. The van der Waals surface area contributed by atoms with Gasteiger partial charge in [-0.05, 0) is 25.0 Å². The number of rotatable bonds is 5. The smallest absolute Gasteiger partial charge is 0.306 e. The van der Waals surface area contributed by atoms with Crippen molar-refractivity contribution in [3.8, 4) is 5.75 Å². The topological polar surface area (TPSA) is 87.6 Å². The van der Waals surface area contributed by atoms with Gasteiger partial charge in [0.25, 0.3) is 0 Å². The molecule has 2 N–H and O–H groups in total. The molecule has 0 amide bonds. The number of carboxylic acid groups (broad SMARTS) is 1. The minimum Gasteiger partial charge on any atom is -0.497 e. The highest BCUT2D eigenvalue weighted by atomic mass is 16.5. The number of nitrogens with one attached hydrogen (secondary N) is 1. The molecular weight excluding hydrogens is 308 g/mol. The average Bonchev–Trinajstić information content (AvgIpc) is 2.62. The highest BCUT2D eigenvalue weighted by Crippen LogP contribution is 2.25. The molecule has 0 aliphatic carbocycles. The van der Waals surface area contributed by atoms with Gasteiger partial charge in [-0.1, -0.05) is 6.07 Å². The van der Waals surface area contributed by atoms with Crippen molar-refractivity contribution >= 4 is 23.3 Å². The van der Waals surface area contributed by atoms with Crippen LogP contribution in [0.1, 0.15) is 12.8 Å². The Morgan fingerprint density at radius 1 is 1.29 bits per heavy atom. The predicted molar refractivity (Wildman–Crippen MR) is 90.9 cm³/mol. The van der Waals surface area contributed by atoms with E-state index < -0.39 is 5.97 Å². The van der Waals surface area contributed by atoms with Crippen molar-refractivity contribution < 1.29 is 14.6 Å². The van der Waals surface area contributed by atoms with Gasteiger partial charge < -0.3 is 20.1 Å². The maximum atomic E-state index is 11.0. The summed E-state index contributed by atoms with van der Waals surface area (Å²) in [6.45, 7) is 1.37. The van der Waals surface area contributed by atoms with E-state index in [-0.39, 0.29) is 5.92 Å². The maximum absolute atomic E-state index is 11.0. The van der Waals surface area contributed by atoms with Crippen LogP contribution in [-0.2, 0) is 4.79 Å². The number of piperidine rings is 1. The van der Waals surface area contributed by atoms with Crippen LogP contribution in [0.25, 0.3) is 0 Å². The second kappa shape index (κ2) is 7.16. The van der Waals surface area contributed by atoms with Crippen LogP contribution in [-0.4, -0.2) is 41.2 Å². The van der Waals surface area contributed by atoms with Crippen LogP contribution in [0.15, 0.2) is 36.7 Å². The van der Waals surface area contributed by atoms with Gasteiger partial charge in [0.2, 0.25) is 0 Å². The molecule has 7 heteroatoms. The number of carbonyl (C=O) groups is 1. The number of hydrogen-bond donors (Lipinski definition) is 2. The van der Waals surface area contributed by atoms with Gasteiger partial charge in [0, 0.05) is 30.9 Å². The second-order valence-electron chi connectivity index (χ2n) is 5.72. The predicted octanol–water partition coefficient (Wildman–Crippen LogP) is 2.53. The zero-order chi connectivity index (χ0) is 16.9. The molecular formula is C17H20N4O3. The molecule has 3 rings (SSSR count). The number of methoxy groups -OCH3 is 1. The van der Waals surface area contributed by atoms with E-state index in [0.717, 1.165) is 17.3 Å². The Labute approximate surface area is 140 Å². The number of aromatic nitrogens is 2. The molecule has 126 valence electrons. The monoisotopic (exact) mass is 328 g/mol. The van der Waals surface area contributed by atoms with E-state index in [0.29, 0.717) is 31.7 Å². The van der Waals surface area contributed by atoms with Crippen molar-refractivity contribution in [2.24, 2.45) is 5.92 Å². The quantitative estimate of drug-likeness (QED) is 0.872. The number of anilines is 3.